The molecule has 2 aromatic carbocycles. The third kappa shape index (κ3) is 4.94. The average Bonchev–Trinajstić information content (AvgIpc) is 3.15. The van der Waals surface area contributed by atoms with E-state index >= 15 is 0 Å². The topological polar surface area (TPSA) is 62.9 Å². The number of phenolic OH excluding ortho intramolecular Hbond substituents is 1. The Morgan fingerprint density at radius 3 is 2.21 bits per heavy atom. The summed E-state index contributed by atoms with van der Waals surface area (Å²) in [6.45, 7) is 5.78. The van der Waals surface area contributed by atoms with Gasteiger partial charge in [-0.2, -0.15) is 0 Å². The van der Waals surface area contributed by atoms with Crippen LogP contribution in [0.3, 0.4) is 0 Å². The largest absolute Gasteiger partial charge is 0.508 e. The molecule has 0 aliphatic heterocycles. The van der Waals surface area contributed by atoms with Crippen LogP contribution < -0.4 is 0 Å². The third-order valence-electron chi connectivity index (χ3n) is 4.17. The first-order valence-corrected chi connectivity index (χ1v) is 9.19. The lowest BCUT2D eigenvalue weighted by atomic mass is 9.97. The SMILES string of the molecule is CC(C)(C)OC(=O)N(Cc1ccco1)C(c1ccccc1)c1ccc(O)cc1. The molecule has 0 aliphatic carbocycles. The summed E-state index contributed by atoms with van der Waals surface area (Å²) in [5.41, 5.74) is 1.17. The van der Waals surface area contributed by atoms with Gasteiger partial charge in [0.15, 0.2) is 0 Å². The van der Waals surface area contributed by atoms with E-state index in [2.05, 4.69) is 0 Å². The Bertz CT molecular complexity index is 881. The van der Waals surface area contributed by atoms with Gasteiger partial charge in [-0.1, -0.05) is 42.5 Å². The number of ether oxygens (including phenoxy) is 1. The van der Waals surface area contributed by atoms with Crippen molar-refractivity contribution >= 4 is 6.09 Å². The number of benzene rings is 2. The normalized spacial score (nSPS) is 12.4. The maximum absolute atomic E-state index is 13.2. The van der Waals surface area contributed by atoms with Crippen molar-refractivity contribution < 1.29 is 19.1 Å². The van der Waals surface area contributed by atoms with Crippen LogP contribution in [0.25, 0.3) is 0 Å². The van der Waals surface area contributed by atoms with E-state index in [1.165, 1.54) is 0 Å². The van der Waals surface area contributed by atoms with E-state index in [1.807, 2.05) is 69.3 Å². The Morgan fingerprint density at radius 2 is 1.64 bits per heavy atom. The molecular weight excluding hydrogens is 354 g/mol. The van der Waals surface area contributed by atoms with Crippen molar-refractivity contribution in [3.63, 3.8) is 0 Å². The van der Waals surface area contributed by atoms with Gasteiger partial charge in [0.1, 0.15) is 17.1 Å². The highest BCUT2D eigenvalue weighted by Crippen LogP contribution is 2.32. The molecule has 0 aliphatic rings. The van der Waals surface area contributed by atoms with Crippen LogP contribution in [0, 0.1) is 0 Å². The summed E-state index contributed by atoms with van der Waals surface area (Å²) in [7, 11) is 0. The van der Waals surface area contributed by atoms with Crippen molar-refractivity contribution in [1.82, 2.24) is 4.90 Å². The van der Waals surface area contributed by atoms with Gasteiger partial charge >= 0.3 is 6.09 Å². The second kappa shape index (κ2) is 8.21. The predicted octanol–water partition coefficient (Wildman–Crippen LogP) is 5.51. The quantitative estimate of drug-likeness (QED) is 0.635. The van der Waals surface area contributed by atoms with Gasteiger partial charge in [0.05, 0.1) is 18.8 Å². The molecule has 1 heterocycles. The Labute approximate surface area is 165 Å². The predicted molar refractivity (Wildman–Crippen MR) is 107 cm³/mol. The number of hydrogen-bond acceptors (Lipinski definition) is 4. The molecule has 146 valence electrons. The Morgan fingerprint density at radius 1 is 1.00 bits per heavy atom. The van der Waals surface area contributed by atoms with Crippen LogP contribution in [-0.4, -0.2) is 21.7 Å². The Hall–Kier alpha value is -3.21. The van der Waals surface area contributed by atoms with Crippen LogP contribution in [0.15, 0.2) is 77.4 Å². The second-order valence-corrected chi connectivity index (χ2v) is 7.59. The number of hydrogen-bond donors (Lipinski definition) is 1. The van der Waals surface area contributed by atoms with Crippen molar-refractivity contribution in [2.45, 2.75) is 39.0 Å². The highest BCUT2D eigenvalue weighted by Gasteiger charge is 2.31. The number of aromatic hydroxyl groups is 1. The molecule has 1 atom stereocenters. The molecule has 3 aromatic rings. The van der Waals surface area contributed by atoms with Crippen LogP contribution in [0.4, 0.5) is 4.79 Å². The van der Waals surface area contributed by atoms with Gasteiger partial charge in [0, 0.05) is 0 Å². The van der Waals surface area contributed by atoms with Crippen molar-refractivity contribution in [1.29, 1.82) is 0 Å². The average molecular weight is 379 g/mol. The molecule has 5 heteroatoms. The van der Waals surface area contributed by atoms with Gasteiger partial charge < -0.3 is 14.3 Å². The number of carbonyl (C=O) groups is 1. The lowest BCUT2D eigenvalue weighted by molar-refractivity contribution is 0.0157. The molecule has 1 unspecified atom stereocenters. The van der Waals surface area contributed by atoms with Crippen LogP contribution in [0.1, 0.15) is 43.7 Å². The third-order valence-corrected chi connectivity index (χ3v) is 4.17. The summed E-state index contributed by atoms with van der Waals surface area (Å²) < 4.78 is 11.2. The van der Waals surface area contributed by atoms with Crippen molar-refractivity contribution in [2.24, 2.45) is 0 Å². The van der Waals surface area contributed by atoms with Crippen molar-refractivity contribution in [3.05, 3.63) is 89.9 Å². The molecule has 0 fully saturated rings. The minimum absolute atomic E-state index is 0.172. The van der Waals surface area contributed by atoms with Gasteiger partial charge in [-0.05, 0) is 56.2 Å². The second-order valence-electron chi connectivity index (χ2n) is 7.59. The molecular formula is C23H25NO4. The van der Waals surface area contributed by atoms with Gasteiger partial charge in [0.25, 0.3) is 0 Å². The fourth-order valence-electron chi connectivity index (χ4n) is 3.00. The number of rotatable bonds is 5. The van der Waals surface area contributed by atoms with E-state index in [4.69, 9.17) is 9.15 Å². The number of phenols is 1. The highest BCUT2D eigenvalue weighted by atomic mass is 16.6. The monoisotopic (exact) mass is 379 g/mol. The maximum atomic E-state index is 13.2. The minimum atomic E-state index is -0.630. The van der Waals surface area contributed by atoms with Crippen molar-refractivity contribution in [3.8, 4) is 5.75 Å². The van der Waals surface area contributed by atoms with Crippen LogP contribution in [-0.2, 0) is 11.3 Å². The standard InChI is InChI=1S/C23H25NO4/c1-23(2,3)28-22(26)24(16-20-10-7-15-27-20)21(17-8-5-4-6-9-17)18-11-13-19(25)14-12-18/h4-15,21,25H,16H2,1-3H3. The fraction of sp³-hybridized carbons (Fsp3) is 0.261. The highest BCUT2D eigenvalue weighted by molar-refractivity contribution is 5.69. The summed E-state index contributed by atoms with van der Waals surface area (Å²) in [6, 6.07) is 19.8. The van der Waals surface area contributed by atoms with Gasteiger partial charge in [-0.3, -0.25) is 4.90 Å². The number of carbonyl (C=O) groups excluding carboxylic acids is 1. The molecule has 0 saturated carbocycles. The van der Waals surface area contributed by atoms with E-state index in [1.54, 1.807) is 29.4 Å². The molecule has 0 spiro atoms. The molecule has 1 aromatic heterocycles. The molecule has 1 N–H and O–H groups in total. The lowest BCUT2D eigenvalue weighted by Gasteiger charge is -2.33. The number of amides is 1. The smallest absolute Gasteiger partial charge is 0.411 e. The van der Waals surface area contributed by atoms with Gasteiger partial charge in [-0.25, -0.2) is 4.79 Å². The maximum Gasteiger partial charge on any atom is 0.411 e. The summed E-state index contributed by atoms with van der Waals surface area (Å²) in [5.74, 6) is 0.830. The molecule has 1 amide bonds. The molecule has 0 bridgehead atoms. The van der Waals surface area contributed by atoms with E-state index in [-0.39, 0.29) is 12.3 Å². The van der Waals surface area contributed by atoms with Crippen LogP contribution in [0.5, 0.6) is 5.75 Å². The Balaban J connectivity index is 2.06. The zero-order valence-electron chi connectivity index (χ0n) is 16.3. The van der Waals surface area contributed by atoms with Crippen LogP contribution in [0.2, 0.25) is 0 Å². The molecule has 28 heavy (non-hydrogen) atoms. The summed E-state index contributed by atoms with van der Waals surface area (Å²) in [6.07, 6.45) is 1.14. The van der Waals surface area contributed by atoms with E-state index in [0.717, 1.165) is 11.1 Å². The zero-order valence-corrected chi connectivity index (χ0v) is 16.3. The first-order valence-electron chi connectivity index (χ1n) is 9.19. The minimum Gasteiger partial charge on any atom is -0.508 e. The molecule has 0 radical (unpaired) electrons. The summed E-state index contributed by atoms with van der Waals surface area (Å²) in [4.78, 5) is 14.8. The zero-order chi connectivity index (χ0) is 20.1. The van der Waals surface area contributed by atoms with E-state index in [0.29, 0.717) is 5.76 Å². The molecule has 0 saturated heterocycles. The first-order chi connectivity index (χ1) is 13.3. The van der Waals surface area contributed by atoms with Gasteiger partial charge in [0.2, 0.25) is 0 Å². The van der Waals surface area contributed by atoms with Gasteiger partial charge in [-0.15, -0.1) is 0 Å². The Kier molecular flexibility index (Phi) is 5.73. The van der Waals surface area contributed by atoms with E-state index < -0.39 is 17.7 Å². The fourth-order valence-corrected chi connectivity index (χ4v) is 3.00. The van der Waals surface area contributed by atoms with Crippen LogP contribution >= 0.6 is 0 Å². The summed E-state index contributed by atoms with van der Waals surface area (Å²) >= 11 is 0. The molecule has 3 rings (SSSR count). The number of furan rings is 1. The number of nitrogens with zero attached hydrogens (tertiary/aromatic N) is 1. The summed E-state index contributed by atoms with van der Waals surface area (Å²) in [5, 5.41) is 9.70. The molecule has 5 nitrogen and oxygen atoms in total. The lowest BCUT2D eigenvalue weighted by Crippen LogP contribution is -2.39. The first kappa shape index (κ1) is 19.5. The van der Waals surface area contributed by atoms with Crippen molar-refractivity contribution in [2.75, 3.05) is 0 Å². The van der Waals surface area contributed by atoms with E-state index in [9.17, 15) is 9.90 Å².